The first-order chi connectivity index (χ1) is 13.2. The summed E-state index contributed by atoms with van der Waals surface area (Å²) >= 11 is 1.81. The van der Waals surface area contributed by atoms with Crippen molar-refractivity contribution in [1.29, 1.82) is 0 Å². The van der Waals surface area contributed by atoms with E-state index in [2.05, 4.69) is 41.0 Å². The van der Waals surface area contributed by atoms with E-state index in [1.165, 1.54) is 15.6 Å². The molecule has 3 rings (SSSR count). The second kappa shape index (κ2) is 11.7. The van der Waals surface area contributed by atoms with Gasteiger partial charge in [0.15, 0.2) is 5.96 Å². The van der Waals surface area contributed by atoms with Crippen LogP contribution in [-0.4, -0.2) is 65.2 Å². The van der Waals surface area contributed by atoms with Crippen molar-refractivity contribution in [3.05, 3.63) is 33.6 Å². The lowest BCUT2D eigenvalue weighted by atomic mass is 10.3. The fraction of sp³-hybridized carbons (Fsp3) is 0.632. The van der Waals surface area contributed by atoms with Crippen molar-refractivity contribution < 1.29 is 4.52 Å². The largest absolute Gasteiger partial charge is 0.364 e. The van der Waals surface area contributed by atoms with Gasteiger partial charge in [-0.15, -0.1) is 35.3 Å². The van der Waals surface area contributed by atoms with Crippen LogP contribution in [0, 0.1) is 6.92 Å². The standard InChI is InChI=1S/C19H30N6OS.HI/c1-4-17-15(3)27-18(22-17)6-8-21-19(20-5-2)25-11-9-24(10-12-25)14-16-7-13-26-23-16;/h7,13H,4-6,8-12,14H2,1-3H3,(H,20,21);1H. The number of nitrogens with one attached hydrogen (secondary N) is 1. The summed E-state index contributed by atoms with van der Waals surface area (Å²) in [5, 5.41) is 8.64. The fourth-order valence-corrected chi connectivity index (χ4v) is 4.28. The molecule has 9 heteroatoms. The van der Waals surface area contributed by atoms with Crippen molar-refractivity contribution >= 4 is 41.3 Å². The number of piperazine rings is 1. The number of rotatable bonds is 7. The van der Waals surface area contributed by atoms with Crippen molar-refractivity contribution in [1.82, 2.24) is 25.3 Å². The van der Waals surface area contributed by atoms with E-state index in [4.69, 9.17) is 14.5 Å². The SMILES string of the molecule is CCNC(=NCCc1nc(CC)c(C)s1)N1CCN(Cc2ccon2)CC1.I. The number of hydrogen-bond acceptors (Lipinski definition) is 6. The zero-order valence-corrected chi connectivity index (χ0v) is 20.1. The molecule has 0 amide bonds. The van der Waals surface area contributed by atoms with E-state index in [1.54, 1.807) is 17.6 Å². The molecule has 7 nitrogen and oxygen atoms in total. The zero-order valence-electron chi connectivity index (χ0n) is 17.0. The van der Waals surface area contributed by atoms with Gasteiger partial charge in [0.05, 0.1) is 16.4 Å². The Bertz CT molecular complexity index is 725. The second-order valence-electron chi connectivity index (χ2n) is 6.70. The predicted octanol–water partition coefficient (Wildman–Crippen LogP) is 2.95. The summed E-state index contributed by atoms with van der Waals surface area (Å²) in [4.78, 5) is 15.7. The van der Waals surface area contributed by atoms with Crippen LogP contribution in [0.3, 0.4) is 0 Å². The summed E-state index contributed by atoms with van der Waals surface area (Å²) in [5.74, 6) is 1.02. The Labute approximate surface area is 188 Å². The molecule has 0 aliphatic carbocycles. The monoisotopic (exact) mass is 518 g/mol. The first kappa shape index (κ1) is 23.1. The quantitative estimate of drug-likeness (QED) is 0.346. The molecule has 1 N–H and O–H groups in total. The average Bonchev–Trinajstić information content (AvgIpc) is 3.31. The first-order valence-corrected chi connectivity index (χ1v) is 10.6. The molecule has 0 atom stereocenters. The molecule has 2 aromatic rings. The van der Waals surface area contributed by atoms with Gasteiger partial charge >= 0.3 is 0 Å². The lowest BCUT2D eigenvalue weighted by Gasteiger charge is -2.36. The highest BCUT2D eigenvalue weighted by Gasteiger charge is 2.20. The highest BCUT2D eigenvalue weighted by Crippen LogP contribution is 2.18. The minimum Gasteiger partial charge on any atom is -0.364 e. The van der Waals surface area contributed by atoms with Crippen molar-refractivity contribution in [2.75, 3.05) is 39.3 Å². The van der Waals surface area contributed by atoms with Crippen LogP contribution in [0.15, 0.2) is 21.8 Å². The summed E-state index contributed by atoms with van der Waals surface area (Å²) in [6, 6.07) is 1.93. The van der Waals surface area contributed by atoms with Crippen LogP contribution in [0.4, 0.5) is 0 Å². The number of aryl methyl sites for hydroxylation is 2. The van der Waals surface area contributed by atoms with Crippen molar-refractivity contribution in [2.45, 2.75) is 40.2 Å². The molecule has 1 fully saturated rings. The third-order valence-electron chi connectivity index (χ3n) is 4.74. The maximum Gasteiger partial charge on any atom is 0.194 e. The van der Waals surface area contributed by atoms with E-state index in [0.29, 0.717) is 0 Å². The van der Waals surface area contributed by atoms with Gasteiger partial charge in [-0.25, -0.2) is 4.98 Å². The van der Waals surface area contributed by atoms with Gasteiger partial charge in [-0.1, -0.05) is 12.1 Å². The van der Waals surface area contributed by atoms with E-state index in [9.17, 15) is 0 Å². The third-order valence-corrected chi connectivity index (χ3v) is 5.82. The maximum absolute atomic E-state index is 4.92. The molecule has 0 saturated carbocycles. The van der Waals surface area contributed by atoms with Gasteiger partial charge in [-0.05, 0) is 20.3 Å². The summed E-state index contributed by atoms with van der Waals surface area (Å²) in [6.07, 6.45) is 3.55. The highest BCUT2D eigenvalue weighted by atomic mass is 127. The van der Waals surface area contributed by atoms with Gasteiger partial charge in [-0.2, -0.15) is 0 Å². The molecule has 1 aliphatic rings. The molecule has 0 aromatic carbocycles. The van der Waals surface area contributed by atoms with E-state index < -0.39 is 0 Å². The van der Waals surface area contributed by atoms with E-state index in [0.717, 1.165) is 70.3 Å². The lowest BCUT2D eigenvalue weighted by Crippen LogP contribution is -2.52. The topological polar surface area (TPSA) is 69.8 Å². The third kappa shape index (κ3) is 6.41. The molecule has 0 radical (unpaired) electrons. The minimum atomic E-state index is 0. The number of guanidine groups is 1. The van der Waals surface area contributed by atoms with E-state index in [1.807, 2.05) is 6.07 Å². The van der Waals surface area contributed by atoms with Crippen LogP contribution in [-0.2, 0) is 19.4 Å². The van der Waals surface area contributed by atoms with Crippen LogP contribution < -0.4 is 5.32 Å². The summed E-state index contributed by atoms with van der Waals surface area (Å²) in [7, 11) is 0. The Morgan fingerprint density at radius 2 is 2.07 bits per heavy atom. The van der Waals surface area contributed by atoms with Crippen molar-refractivity contribution in [2.24, 2.45) is 4.99 Å². The highest BCUT2D eigenvalue weighted by molar-refractivity contribution is 14.0. The predicted molar refractivity (Wildman–Crippen MR) is 125 cm³/mol. The maximum atomic E-state index is 4.92. The molecular formula is C19H31IN6OS. The number of nitrogens with zero attached hydrogens (tertiary/aromatic N) is 5. The molecule has 2 aromatic heterocycles. The zero-order chi connectivity index (χ0) is 19.1. The summed E-state index contributed by atoms with van der Waals surface area (Å²) < 4.78 is 4.92. The Hall–Kier alpha value is -1.20. The van der Waals surface area contributed by atoms with Gasteiger partial charge in [0.2, 0.25) is 0 Å². The van der Waals surface area contributed by atoms with E-state index in [-0.39, 0.29) is 24.0 Å². The fourth-order valence-electron chi connectivity index (χ4n) is 3.27. The molecular weight excluding hydrogens is 487 g/mol. The van der Waals surface area contributed by atoms with Crippen LogP contribution in [0.1, 0.15) is 35.1 Å². The van der Waals surface area contributed by atoms with Crippen LogP contribution >= 0.6 is 35.3 Å². The number of aromatic nitrogens is 2. The van der Waals surface area contributed by atoms with Crippen LogP contribution in [0.2, 0.25) is 0 Å². The van der Waals surface area contributed by atoms with Gasteiger partial charge < -0.3 is 14.7 Å². The van der Waals surface area contributed by atoms with Crippen molar-refractivity contribution in [3.8, 4) is 0 Å². The summed E-state index contributed by atoms with van der Waals surface area (Å²) in [5.41, 5.74) is 2.23. The number of halogens is 1. The molecule has 0 bridgehead atoms. The van der Waals surface area contributed by atoms with Gasteiger partial charge in [0.25, 0.3) is 0 Å². The average molecular weight is 518 g/mol. The molecule has 1 saturated heterocycles. The van der Waals surface area contributed by atoms with Gasteiger partial charge in [0, 0.05) is 63.2 Å². The van der Waals surface area contributed by atoms with Crippen LogP contribution in [0.5, 0.6) is 0 Å². The van der Waals surface area contributed by atoms with E-state index >= 15 is 0 Å². The molecule has 0 unspecified atom stereocenters. The summed E-state index contributed by atoms with van der Waals surface area (Å²) in [6.45, 7) is 12.9. The first-order valence-electron chi connectivity index (χ1n) is 9.79. The Morgan fingerprint density at radius 1 is 1.29 bits per heavy atom. The Kier molecular flexibility index (Phi) is 9.66. The van der Waals surface area contributed by atoms with Crippen LogP contribution in [0.25, 0.3) is 0 Å². The molecule has 28 heavy (non-hydrogen) atoms. The molecule has 1 aliphatic heterocycles. The number of hydrogen-bond donors (Lipinski definition) is 1. The molecule has 3 heterocycles. The van der Waals surface area contributed by atoms with Crippen molar-refractivity contribution in [3.63, 3.8) is 0 Å². The normalized spacial score (nSPS) is 15.5. The minimum absolute atomic E-state index is 0. The lowest BCUT2D eigenvalue weighted by molar-refractivity contribution is 0.169. The number of aliphatic imine (C=N–C) groups is 1. The Balaban J connectivity index is 0.00000280. The van der Waals surface area contributed by atoms with Gasteiger partial charge in [-0.3, -0.25) is 9.89 Å². The number of thiazole rings is 1. The smallest absolute Gasteiger partial charge is 0.194 e. The molecule has 156 valence electrons. The second-order valence-corrected chi connectivity index (χ2v) is 7.99. The molecule has 0 spiro atoms. The Morgan fingerprint density at radius 3 is 2.68 bits per heavy atom. The van der Waals surface area contributed by atoms with Gasteiger partial charge in [0.1, 0.15) is 6.26 Å².